The zero-order chi connectivity index (χ0) is 16.2. The van der Waals surface area contributed by atoms with Crippen molar-refractivity contribution in [1.29, 1.82) is 0 Å². The van der Waals surface area contributed by atoms with E-state index in [9.17, 15) is 9.90 Å². The molecule has 0 bridgehead atoms. The lowest BCUT2D eigenvalue weighted by atomic mass is 10.1. The number of aliphatic hydroxyl groups excluding tert-OH is 1. The van der Waals surface area contributed by atoms with E-state index in [1.807, 2.05) is 6.07 Å². The Morgan fingerprint density at radius 3 is 2.78 bits per heavy atom. The van der Waals surface area contributed by atoms with E-state index in [4.69, 9.17) is 0 Å². The number of rotatable bonds is 6. The van der Waals surface area contributed by atoms with Crippen LogP contribution < -0.4 is 10.2 Å². The second-order valence-electron chi connectivity index (χ2n) is 6.91. The van der Waals surface area contributed by atoms with Gasteiger partial charge in [-0.1, -0.05) is 18.2 Å². The minimum atomic E-state index is -0.370. The summed E-state index contributed by atoms with van der Waals surface area (Å²) in [7, 11) is 1.76. The van der Waals surface area contributed by atoms with Crippen LogP contribution in [-0.4, -0.2) is 55.4 Å². The topological polar surface area (TPSA) is 55.8 Å². The van der Waals surface area contributed by atoms with Gasteiger partial charge in [-0.05, 0) is 43.2 Å². The molecule has 0 radical (unpaired) electrons. The average molecular weight is 317 g/mol. The third-order valence-corrected chi connectivity index (χ3v) is 4.92. The lowest BCUT2D eigenvalue weighted by Crippen LogP contribution is -2.43. The van der Waals surface area contributed by atoms with Gasteiger partial charge in [-0.2, -0.15) is 0 Å². The normalized spacial score (nSPS) is 22.0. The highest BCUT2D eigenvalue weighted by Gasteiger charge is 2.31. The molecule has 3 rings (SSSR count). The van der Waals surface area contributed by atoms with Crippen molar-refractivity contribution >= 4 is 11.7 Å². The van der Waals surface area contributed by atoms with E-state index in [1.54, 1.807) is 11.9 Å². The summed E-state index contributed by atoms with van der Waals surface area (Å²) in [6.45, 7) is 3.16. The lowest BCUT2D eigenvalue weighted by Gasteiger charge is -2.22. The molecule has 0 spiro atoms. The number of likely N-dealkylation sites (N-methyl/N-ethyl adjacent to an activating group) is 1. The van der Waals surface area contributed by atoms with E-state index in [0.717, 1.165) is 32.4 Å². The molecule has 1 aliphatic heterocycles. The molecule has 1 aliphatic carbocycles. The number of hydrogen-bond donors (Lipinski definition) is 2. The molecule has 2 aliphatic rings. The van der Waals surface area contributed by atoms with Crippen LogP contribution in [0.1, 0.15) is 19.3 Å². The summed E-state index contributed by atoms with van der Waals surface area (Å²) in [6, 6.07) is 10.3. The smallest absolute Gasteiger partial charge is 0.317 e. The van der Waals surface area contributed by atoms with Crippen LogP contribution in [0.15, 0.2) is 30.3 Å². The molecule has 1 heterocycles. The van der Waals surface area contributed by atoms with E-state index in [2.05, 4.69) is 34.5 Å². The standard InChI is InChI=1S/C18H27N3O2/c1-20(13-17(22)15-7-8-15)18(23)19-11-14-9-10-21(12-14)16-5-3-2-4-6-16/h2-6,14-15,17,22H,7-13H2,1H3,(H,19,23). The molecule has 2 amide bonds. The lowest BCUT2D eigenvalue weighted by molar-refractivity contribution is 0.113. The minimum absolute atomic E-state index is 0.0807. The van der Waals surface area contributed by atoms with Crippen LogP contribution in [0.2, 0.25) is 0 Å². The number of amides is 2. The largest absolute Gasteiger partial charge is 0.391 e. The number of aliphatic hydroxyl groups is 1. The van der Waals surface area contributed by atoms with Crippen molar-refractivity contribution in [1.82, 2.24) is 10.2 Å². The summed E-state index contributed by atoms with van der Waals surface area (Å²) in [5.41, 5.74) is 1.26. The fraction of sp³-hybridized carbons (Fsp3) is 0.611. The third-order valence-electron chi connectivity index (χ3n) is 4.92. The number of benzene rings is 1. The number of carbonyl (C=O) groups excluding carboxylic acids is 1. The van der Waals surface area contributed by atoms with Crippen molar-refractivity contribution in [3.63, 3.8) is 0 Å². The highest BCUT2D eigenvalue weighted by Crippen LogP contribution is 2.32. The van der Waals surface area contributed by atoms with Crippen molar-refractivity contribution in [3.8, 4) is 0 Å². The van der Waals surface area contributed by atoms with Gasteiger partial charge < -0.3 is 20.2 Å². The number of anilines is 1. The first kappa shape index (κ1) is 16.1. The van der Waals surface area contributed by atoms with Gasteiger partial charge in [0.1, 0.15) is 0 Å². The van der Waals surface area contributed by atoms with Crippen LogP contribution in [-0.2, 0) is 0 Å². The molecule has 126 valence electrons. The number of para-hydroxylation sites is 1. The Hall–Kier alpha value is -1.75. The molecule has 5 heteroatoms. The molecule has 1 aromatic carbocycles. The van der Waals surface area contributed by atoms with E-state index in [1.165, 1.54) is 5.69 Å². The van der Waals surface area contributed by atoms with E-state index < -0.39 is 0 Å². The van der Waals surface area contributed by atoms with Crippen molar-refractivity contribution in [2.75, 3.05) is 38.1 Å². The van der Waals surface area contributed by atoms with Gasteiger partial charge in [0.05, 0.1) is 6.10 Å². The van der Waals surface area contributed by atoms with Gasteiger partial charge in [0.15, 0.2) is 0 Å². The van der Waals surface area contributed by atoms with Gasteiger partial charge in [-0.15, -0.1) is 0 Å². The van der Waals surface area contributed by atoms with Crippen LogP contribution in [0, 0.1) is 11.8 Å². The summed E-state index contributed by atoms with van der Waals surface area (Å²) in [6.07, 6.45) is 2.91. The molecule has 2 N–H and O–H groups in total. The second kappa shape index (κ2) is 7.21. The number of urea groups is 1. The van der Waals surface area contributed by atoms with E-state index in [0.29, 0.717) is 24.9 Å². The molecular weight excluding hydrogens is 290 g/mol. The Labute approximate surface area is 138 Å². The molecule has 23 heavy (non-hydrogen) atoms. The Morgan fingerprint density at radius 2 is 2.09 bits per heavy atom. The molecule has 5 nitrogen and oxygen atoms in total. The maximum atomic E-state index is 12.1. The van der Waals surface area contributed by atoms with E-state index >= 15 is 0 Å². The highest BCUT2D eigenvalue weighted by atomic mass is 16.3. The number of hydrogen-bond acceptors (Lipinski definition) is 3. The van der Waals surface area contributed by atoms with Gasteiger partial charge in [0.2, 0.25) is 0 Å². The maximum Gasteiger partial charge on any atom is 0.317 e. The number of carbonyl (C=O) groups is 1. The first-order valence-corrected chi connectivity index (χ1v) is 8.60. The molecular formula is C18H27N3O2. The van der Waals surface area contributed by atoms with Crippen LogP contribution >= 0.6 is 0 Å². The van der Waals surface area contributed by atoms with Crippen molar-refractivity contribution in [2.24, 2.45) is 11.8 Å². The fourth-order valence-electron chi connectivity index (χ4n) is 3.23. The maximum absolute atomic E-state index is 12.1. The van der Waals surface area contributed by atoms with Gasteiger partial charge >= 0.3 is 6.03 Å². The monoisotopic (exact) mass is 317 g/mol. The Bertz CT molecular complexity index is 518. The first-order valence-electron chi connectivity index (χ1n) is 8.60. The molecule has 2 fully saturated rings. The molecule has 1 saturated heterocycles. The predicted molar refractivity (Wildman–Crippen MR) is 91.5 cm³/mol. The highest BCUT2D eigenvalue weighted by molar-refractivity contribution is 5.73. The molecule has 2 unspecified atom stereocenters. The van der Waals surface area contributed by atoms with Crippen molar-refractivity contribution in [2.45, 2.75) is 25.4 Å². The quantitative estimate of drug-likeness (QED) is 0.843. The van der Waals surface area contributed by atoms with Gasteiger partial charge in [0, 0.05) is 38.9 Å². The Morgan fingerprint density at radius 1 is 1.35 bits per heavy atom. The van der Waals surface area contributed by atoms with Gasteiger partial charge in [-0.3, -0.25) is 0 Å². The van der Waals surface area contributed by atoms with Gasteiger partial charge in [0.25, 0.3) is 0 Å². The third kappa shape index (κ3) is 4.38. The minimum Gasteiger partial charge on any atom is -0.391 e. The Kier molecular flexibility index (Phi) is 5.06. The second-order valence-corrected chi connectivity index (χ2v) is 6.91. The summed E-state index contributed by atoms with van der Waals surface area (Å²) >= 11 is 0. The van der Waals surface area contributed by atoms with Crippen LogP contribution in [0.25, 0.3) is 0 Å². The molecule has 1 aromatic rings. The molecule has 0 aromatic heterocycles. The summed E-state index contributed by atoms with van der Waals surface area (Å²) in [4.78, 5) is 16.1. The van der Waals surface area contributed by atoms with Crippen LogP contribution in [0.4, 0.5) is 10.5 Å². The number of nitrogens with one attached hydrogen (secondary N) is 1. The average Bonchev–Trinajstić information content (AvgIpc) is 3.32. The molecule has 1 saturated carbocycles. The zero-order valence-corrected chi connectivity index (χ0v) is 13.8. The predicted octanol–water partition coefficient (Wildman–Crippen LogP) is 1.93. The Balaban J connectivity index is 1.39. The fourth-order valence-corrected chi connectivity index (χ4v) is 3.23. The first-order chi connectivity index (χ1) is 11.1. The van der Waals surface area contributed by atoms with Crippen LogP contribution in [0.3, 0.4) is 0 Å². The van der Waals surface area contributed by atoms with Crippen LogP contribution in [0.5, 0.6) is 0 Å². The van der Waals surface area contributed by atoms with E-state index in [-0.39, 0.29) is 12.1 Å². The number of nitrogens with zero attached hydrogens (tertiary/aromatic N) is 2. The summed E-state index contributed by atoms with van der Waals surface area (Å²) in [5, 5.41) is 12.9. The SMILES string of the molecule is CN(CC(O)C1CC1)C(=O)NCC1CCN(c2ccccc2)C1. The summed E-state index contributed by atoms with van der Waals surface area (Å²) < 4.78 is 0. The van der Waals surface area contributed by atoms with Crippen molar-refractivity contribution < 1.29 is 9.90 Å². The zero-order valence-electron chi connectivity index (χ0n) is 13.8. The van der Waals surface area contributed by atoms with Crippen molar-refractivity contribution in [3.05, 3.63) is 30.3 Å². The van der Waals surface area contributed by atoms with Gasteiger partial charge in [-0.25, -0.2) is 4.79 Å². The molecule has 2 atom stereocenters. The summed E-state index contributed by atoms with van der Waals surface area (Å²) in [5.74, 6) is 0.889.